The Morgan fingerprint density at radius 3 is 2.45 bits per heavy atom. The van der Waals surface area contributed by atoms with Gasteiger partial charge in [0.15, 0.2) is 5.96 Å². The third-order valence-electron chi connectivity index (χ3n) is 3.09. The second-order valence-corrected chi connectivity index (χ2v) is 5.15. The highest BCUT2D eigenvalue weighted by atomic mass is 19.4. The molecule has 3 nitrogen and oxygen atoms in total. The lowest BCUT2D eigenvalue weighted by Gasteiger charge is -2.22. The summed E-state index contributed by atoms with van der Waals surface area (Å²) in [7, 11) is 1.92. The molecule has 0 aromatic heterocycles. The van der Waals surface area contributed by atoms with Gasteiger partial charge in [0.25, 0.3) is 0 Å². The first kappa shape index (κ1) is 18.3. The smallest absolute Gasteiger partial charge is 0.357 e. The second kappa shape index (κ2) is 9.33. The fraction of sp³-hybridized carbons (Fsp3) is 0.562. The van der Waals surface area contributed by atoms with Crippen LogP contribution in [0.4, 0.5) is 13.2 Å². The van der Waals surface area contributed by atoms with Crippen LogP contribution in [0.15, 0.2) is 35.3 Å². The molecule has 0 aliphatic rings. The summed E-state index contributed by atoms with van der Waals surface area (Å²) >= 11 is 0. The predicted molar refractivity (Wildman–Crippen MR) is 83.8 cm³/mol. The summed E-state index contributed by atoms with van der Waals surface area (Å²) in [5.41, 5.74) is 1.16. The first-order valence-corrected chi connectivity index (χ1v) is 7.52. The topological polar surface area (TPSA) is 27.6 Å². The molecule has 0 amide bonds. The molecule has 124 valence electrons. The van der Waals surface area contributed by atoms with Gasteiger partial charge in [-0.05, 0) is 25.3 Å². The molecule has 0 atom stereocenters. The highest BCUT2D eigenvalue weighted by Crippen LogP contribution is 2.22. The van der Waals surface area contributed by atoms with Crippen LogP contribution in [0.5, 0.6) is 0 Å². The van der Waals surface area contributed by atoms with E-state index in [0.717, 1.165) is 18.1 Å². The molecule has 0 aliphatic heterocycles. The summed E-state index contributed by atoms with van der Waals surface area (Å²) in [5.74, 6) is 0.721. The molecule has 0 saturated carbocycles. The van der Waals surface area contributed by atoms with Crippen molar-refractivity contribution in [2.45, 2.75) is 38.9 Å². The second-order valence-electron chi connectivity index (χ2n) is 5.15. The van der Waals surface area contributed by atoms with Crippen LogP contribution in [0.2, 0.25) is 0 Å². The van der Waals surface area contributed by atoms with E-state index in [1.54, 1.807) is 0 Å². The van der Waals surface area contributed by atoms with Crippen molar-refractivity contribution in [1.29, 1.82) is 0 Å². The number of alkyl halides is 3. The quantitative estimate of drug-likeness (QED) is 0.470. The molecular formula is C16H24F3N3. The average molecular weight is 315 g/mol. The zero-order chi connectivity index (χ0) is 16.4. The van der Waals surface area contributed by atoms with Crippen LogP contribution >= 0.6 is 0 Å². The first-order chi connectivity index (χ1) is 10.4. The molecule has 0 bridgehead atoms. The van der Waals surface area contributed by atoms with E-state index in [2.05, 4.69) is 10.3 Å². The van der Waals surface area contributed by atoms with Gasteiger partial charge < -0.3 is 10.2 Å². The molecular weight excluding hydrogens is 291 g/mol. The molecule has 0 saturated heterocycles. The van der Waals surface area contributed by atoms with Crippen molar-refractivity contribution >= 4 is 5.96 Å². The molecule has 0 radical (unpaired) electrons. The van der Waals surface area contributed by atoms with Crippen molar-refractivity contribution in [2.24, 2.45) is 4.99 Å². The lowest BCUT2D eigenvalue weighted by atomic mass is 10.2. The predicted octanol–water partition coefficient (Wildman–Crippen LogP) is 3.82. The Bertz CT molecular complexity index is 444. The third kappa shape index (κ3) is 7.90. The molecule has 1 aromatic carbocycles. The summed E-state index contributed by atoms with van der Waals surface area (Å²) in [5, 5.41) is 3.16. The molecule has 1 rings (SSSR count). The Kier molecular flexibility index (Phi) is 7.77. The van der Waals surface area contributed by atoms with Gasteiger partial charge in [0, 0.05) is 33.1 Å². The normalized spacial score (nSPS) is 12.3. The monoisotopic (exact) mass is 315 g/mol. The maximum absolute atomic E-state index is 12.1. The van der Waals surface area contributed by atoms with Gasteiger partial charge in [0.1, 0.15) is 0 Å². The summed E-state index contributed by atoms with van der Waals surface area (Å²) < 4.78 is 36.2. The Hall–Kier alpha value is -1.72. The van der Waals surface area contributed by atoms with Gasteiger partial charge in [-0.1, -0.05) is 30.3 Å². The Balaban J connectivity index is 2.47. The van der Waals surface area contributed by atoms with Gasteiger partial charge in [-0.3, -0.25) is 4.99 Å². The summed E-state index contributed by atoms with van der Waals surface area (Å²) in [4.78, 5) is 6.37. The van der Waals surface area contributed by atoms with Crippen molar-refractivity contribution in [2.75, 3.05) is 20.1 Å². The largest absolute Gasteiger partial charge is 0.389 e. The lowest BCUT2D eigenvalue weighted by molar-refractivity contribution is -0.135. The molecule has 0 unspecified atom stereocenters. The highest BCUT2D eigenvalue weighted by molar-refractivity contribution is 5.79. The maximum Gasteiger partial charge on any atom is 0.389 e. The molecule has 0 fully saturated rings. The van der Waals surface area contributed by atoms with E-state index in [4.69, 9.17) is 0 Å². The van der Waals surface area contributed by atoms with Crippen LogP contribution in [0.1, 0.15) is 31.7 Å². The molecule has 1 aromatic rings. The van der Waals surface area contributed by atoms with E-state index in [9.17, 15) is 13.2 Å². The Morgan fingerprint density at radius 2 is 1.86 bits per heavy atom. The van der Waals surface area contributed by atoms with Crippen LogP contribution in [-0.2, 0) is 6.54 Å². The van der Waals surface area contributed by atoms with Gasteiger partial charge in [-0.25, -0.2) is 0 Å². The number of nitrogens with one attached hydrogen (secondary N) is 1. The highest BCUT2D eigenvalue weighted by Gasteiger charge is 2.25. The van der Waals surface area contributed by atoms with Crippen LogP contribution in [0.25, 0.3) is 0 Å². The maximum atomic E-state index is 12.1. The molecule has 0 aliphatic carbocycles. The van der Waals surface area contributed by atoms with Crippen LogP contribution in [0, 0.1) is 0 Å². The molecule has 1 N–H and O–H groups in total. The van der Waals surface area contributed by atoms with Gasteiger partial charge in [0.05, 0.1) is 0 Å². The van der Waals surface area contributed by atoms with Crippen molar-refractivity contribution in [3.05, 3.63) is 35.9 Å². The molecule has 0 heterocycles. The van der Waals surface area contributed by atoms with Crippen molar-refractivity contribution < 1.29 is 13.2 Å². The summed E-state index contributed by atoms with van der Waals surface area (Å²) in [6, 6.07) is 9.98. The van der Waals surface area contributed by atoms with E-state index >= 15 is 0 Å². The third-order valence-corrected chi connectivity index (χ3v) is 3.09. The minimum Gasteiger partial charge on any atom is -0.357 e. The number of hydrogen-bond acceptors (Lipinski definition) is 1. The first-order valence-electron chi connectivity index (χ1n) is 7.52. The van der Waals surface area contributed by atoms with Gasteiger partial charge in [0.2, 0.25) is 0 Å². The summed E-state index contributed by atoms with van der Waals surface area (Å²) in [6.07, 6.45) is -4.25. The molecule has 6 heteroatoms. The average Bonchev–Trinajstić information content (AvgIpc) is 2.45. The number of benzene rings is 1. The van der Waals surface area contributed by atoms with E-state index in [1.807, 2.05) is 49.2 Å². The van der Waals surface area contributed by atoms with Gasteiger partial charge >= 0.3 is 6.18 Å². The van der Waals surface area contributed by atoms with E-state index in [-0.39, 0.29) is 6.42 Å². The fourth-order valence-corrected chi connectivity index (χ4v) is 2.02. The minimum absolute atomic E-state index is 0.120. The SMILES string of the molecule is CCNC(=NCCCCC(F)(F)F)N(C)Cc1ccccc1. The number of rotatable bonds is 7. The summed E-state index contributed by atoms with van der Waals surface area (Å²) in [6.45, 7) is 3.79. The standard InChI is InChI=1S/C16H24F3N3/c1-3-20-15(21-12-8-7-11-16(17,18)19)22(2)13-14-9-5-4-6-10-14/h4-6,9-10H,3,7-8,11-13H2,1-2H3,(H,20,21). The zero-order valence-corrected chi connectivity index (χ0v) is 13.2. The van der Waals surface area contributed by atoms with Crippen LogP contribution in [-0.4, -0.2) is 37.2 Å². The van der Waals surface area contributed by atoms with Crippen molar-refractivity contribution in [3.8, 4) is 0 Å². The number of nitrogens with zero attached hydrogens (tertiary/aromatic N) is 2. The zero-order valence-electron chi connectivity index (χ0n) is 13.2. The number of hydrogen-bond donors (Lipinski definition) is 1. The lowest BCUT2D eigenvalue weighted by Crippen LogP contribution is -2.38. The van der Waals surface area contributed by atoms with Gasteiger partial charge in [-0.2, -0.15) is 13.2 Å². The Morgan fingerprint density at radius 1 is 1.18 bits per heavy atom. The number of guanidine groups is 1. The molecule has 0 spiro atoms. The van der Waals surface area contributed by atoms with Crippen LogP contribution < -0.4 is 5.32 Å². The van der Waals surface area contributed by atoms with E-state index in [0.29, 0.717) is 19.5 Å². The number of unbranched alkanes of at least 4 members (excludes halogenated alkanes) is 1. The minimum atomic E-state index is -4.07. The van der Waals surface area contributed by atoms with E-state index in [1.165, 1.54) is 0 Å². The van der Waals surface area contributed by atoms with Gasteiger partial charge in [-0.15, -0.1) is 0 Å². The number of halogens is 3. The molecule has 22 heavy (non-hydrogen) atoms. The Labute approximate surface area is 130 Å². The van der Waals surface area contributed by atoms with Crippen molar-refractivity contribution in [3.63, 3.8) is 0 Å². The fourth-order valence-electron chi connectivity index (χ4n) is 2.02. The number of aliphatic imine (C=N–C) groups is 1. The van der Waals surface area contributed by atoms with Crippen LogP contribution in [0.3, 0.4) is 0 Å². The van der Waals surface area contributed by atoms with Crippen molar-refractivity contribution in [1.82, 2.24) is 10.2 Å². The van der Waals surface area contributed by atoms with E-state index < -0.39 is 12.6 Å².